The molecule has 0 saturated carbocycles. The number of hydrogen-bond acceptors (Lipinski definition) is 4. The molecule has 2 rings (SSSR count). The molecule has 1 fully saturated rings. The lowest BCUT2D eigenvalue weighted by molar-refractivity contribution is -0.131. The van der Waals surface area contributed by atoms with E-state index in [2.05, 4.69) is 21.2 Å². The second-order valence-electron chi connectivity index (χ2n) is 5.34. The van der Waals surface area contributed by atoms with E-state index in [0.717, 1.165) is 0 Å². The van der Waals surface area contributed by atoms with Crippen molar-refractivity contribution in [1.29, 1.82) is 0 Å². The van der Waals surface area contributed by atoms with E-state index in [9.17, 15) is 18.0 Å². The quantitative estimate of drug-likeness (QED) is 0.708. The van der Waals surface area contributed by atoms with Crippen LogP contribution in [0.2, 0.25) is 5.02 Å². The summed E-state index contributed by atoms with van der Waals surface area (Å²) in [6, 6.07) is 3.87. The van der Waals surface area contributed by atoms with Gasteiger partial charge in [0.25, 0.3) is 5.91 Å². The van der Waals surface area contributed by atoms with Crippen molar-refractivity contribution in [2.75, 3.05) is 0 Å². The van der Waals surface area contributed by atoms with Gasteiger partial charge in [-0.1, -0.05) is 40.5 Å². The van der Waals surface area contributed by atoms with E-state index in [-0.39, 0.29) is 0 Å². The molecule has 0 aromatic heterocycles. The van der Waals surface area contributed by atoms with Gasteiger partial charge in [-0.15, -0.1) is 4.83 Å². The molecule has 1 saturated heterocycles. The van der Waals surface area contributed by atoms with Gasteiger partial charge in [0.2, 0.25) is 10.0 Å². The molecule has 7 nitrogen and oxygen atoms in total. The minimum Gasteiger partial charge on any atom is -0.322 e. The number of hydrazine groups is 1. The topological polar surface area (TPSA) is 95.6 Å². The van der Waals surface area contributed by atoms with Gasteiger partial charge in [0.05, 0.1) is 5.75 Å². The van der Waals surface area contributed by atoms with E-state index in [1.54, 1.807) is 25.1 Å². The third kappa shape index (κ3) is 3.85. The van der Waals surface area contributed by atoms with Crippen molar-refractivity contribution >= 4 is 49.5 Å². The number of amides is 3. The van der Waals surface area contributed by atoms with Gasteiger partial charge in [-0.2, -0.15) is 5.01 Å². The Labute approximate surface area is 147 Å². The Balaban J connectivity index is 2.19. The molecule has 23 heavy (non-hydrogen) atoms. The van der Waals surface area contributed by atoms with E-state index in [1.165, 1.54) is 6.92 Å². The van der Waals surface area contributed by atoms with Crippen molar-refractivity contribution in [3.05, 3.63) is 33.3 Å². The molecule has 3 amide bonds. The first-order valence-corrected chi connectivity index (χ1v) is 9.51. The lowest BCUT2D eigenvalue weighted by Crippen LogP contribution is -2.48. The van der Waals surface area contributed by atoms with Crippen molar-refractivity contribution in [2.24, 2.45) is 0 Å². The summed E-state index contributed by atoms with van der Waals surface area (Å²) in [4.78, 5) is 26.1. The van der Waals surface area contributed by atoms with Crippen LogP contribution in [-0.2, 0) is 20.6 Å². The fourth-order valence-electron chi connectivity index (χ4n) is 2.02. The van der Waals surface area contributed by atoms with E-state index in [4.69, 9.17) is 11.6 Å². The number of imide groups is 1. The van der Waals surface area contributed by atoms with E-state index in [0.29, 0.717) is 26.5 Å². The van der Waals surface area contributed by atoms with Gasteiger partial charge in [-0.25, -0.2) is 13.2 Å². The third-order valence-corrected chi connectivity index (χ3v) is 5.68. The Morgan fingerprint density at radius 2 is 2.04 bits per heavy atom. The van der Waals surface area contributed by atoms with Crippen LogP contribution in [0.5, 0.6) is 0 Å². The summed E-state index contributed by atoms with van der Waals surface area (Å²) in [5.74, 6) is -1.05. The molecular weight excluding hydrogens is 410 g/mol. The molecule has 10 heteroatoms. The first-order valence-electron chi connectivity index (χ1n) is 6.69. The van der Waals surface area contributed by atoms with E-state index in [1.807, 2.05) is 4.83 Å². The normalized spacial score (nSPS) is 21.7. The number of nitrogens with one attached hydrogen (secondary N) is 2. The van der Waals surface area contributed by atoms with Gasteiger partial charge in [0, 0.05) is 9.50 Å². The number of benzene rings is 1. The van der Waals surface area contributed by atoms with Crippen LogP contribution in [0.25, 0.3) is 0 Å². The predicted molar refractivity (Wildman–Crippen MR) is 89.0 cm³/mol. The largest absolute Gasteiger partial charge is 0.340 e. The van der Waals surface area contributed by atoms with E-state index < -0.39 is 33.3 Å². The molecule has 1 aromatic rings. The first-order chi connectivity index (χ1) is 10.6. The van der Waals surface area contributed by atoms with Crippen LogP contribution in [0.1, 0.15) is 25.8 Å². The highest BCUT2D eigenvalue weighted by Gasteiger charge is 2.48. The zero-order chi connectivity index (χ0) is 17.4. The summed E-state index contributed by atoms with van der Waals surface area (Å²) >= 11 is 9.04. The summed E-state index contributed by atoms with van der Waals surface area (Å²) in [6.07, 6.45) is 0.346. The molecule has 1 atom stereocenters. The van der Waals surface area contributed by atoms with Gasteiger partial charge in [0.1, 0.15) is 5.54 Å². The smallest absolute Gasteiger partial charge is 0.322 e. The predicted octanol–water partition coefficient (Wildman–Crippen LogP) is 2.16. The molecule has 0 spiro atoms. The fraction of sp³-hybridized carbons (Fsp3) is 0.385. The molecule has 0 bridgehead atoms. The average Bonchev–Trinajstić information content (AvgIpc) is 2.66. The summed E-state index contributed by atoms with van der Waals surface area (Å²) in [7, 11) is -3.96. The van der Waals surface area contributed by atoms with Crippen LogP contribution in [-0.4, -0.2) is 30.9 Å². The van der Waals surface area contributed by atoms with Gasteiger partial charge >= 0.3 is 6.03 Å². The molecule has 0 radical (unpaired) electrons. The standard InChI is InChI=1S/C13H15BrClN3O4S/c1-3-13(2)11(19)18(12(20)16-13)17-23(21,22)7-8-4-5-9(15)6-10(8)14/h4-6,17H,3,7H2,1-2H3,(H,16,20). The van der Waals surface area contributed by atoms with Crippen LogP contribution >= 0.6 is 27.5 Å². The maximum absolute atomic E-state index is 12.2. The van der Waals surface area contributed by atoms with Crippen LogP contribution in [0, 0.1) is 0 Å². The monoisotopic (exact) mass is 423 g/mol. The third-order valence-electron chi connectivity index (χ3n) is 3.56. The average molecular weight is 425 g/mol. The fourth-order valence-corrected chi connectivity index (χ4v) is 4.20. The molecule has 1 aliphatic heterocycles. The molecule has 1 unspecified atom stereocenters. The second kappa shape index (κ2) is 6.39. The number of nitrogens with zero attached hydrogens (tertiary/aromatic N) is 1. The number of carbonyl (C=O) groups is 2. The van der Waals surface area contributed by atoms with Gasteiger partial charge < -0.3 is 5.32 Å². The number of carbonyl (C=O) groups excluding carboxylic acids is 2. The minimum atomic E-state index is -3.96. The number of halogens is 2. The second-order valence-corrected chi connectivity index (χ2v) is 8.33. The van der Waals surface area contributed by atoms with Gasteiger partial charge in [-0.3, -0.25) is 4.79 Å². The van der Waals surface area contributed by atoms with Crippen LogP contribution in [0.4, 0.5) is 4.79 Å². The SMILES string of the molecule is CCC1(C)NC(=O)N(NS(=O)(=O)Cc2ccc(Cl)cc2Br)C1=O. The highest BCUT2D eigenvalue weighted by atomic mass is 79.9. The van der Waals surface area contributed by atoms with Crippen LogP contribution in [0.3, 0.4) is 0 Å². The highest BCUT2D eigenvalue weighted by molar-refractivity contribution is 9.10. The number of sulfonamides is 1. The van der Waals surface area contributed by atoms with Crippen molar-refractivity contribution in [2.45, 2.75) is 31.6 Å². The first kappa shape index (κ1) is 18.2. The Morgan fingerprint density at radius 1 is 1.39 bits per heavy atom. The Bertz CT molecular complexity index is 770. The highest BCUT2D eigenvalue weighted by Crippen LogP contribution is 2.24. The van der Waals surface area contributed by atoms with Gasteiger partial charge in [-0.05, 0) is 31.0 Å². The Morgan fingerprint density at radius 3 is 2.57 bits per heavy atom. The molecule has 126 valence electrons. The zero-order valence-corrected chi connectivity index (χ0v) is 15.5. The number of urea groups is 1. The zero-order valence-electron chi connectivity index (χ0n) is 12.4. The van der Waals surface area contributed by atoms with Crippen molar-refractivity contribution in [1.82, 2.24) is 15.2 Å². The number of hydrogen-bond donors (Lipinski definition) is 2. The molecule has 1 aliphatic rings. The lowest BCUT2D eigenvalue weighted by Gasteiger charge is -2.19. The molecule has 0 aliphatic carbocycles. The summed E-state index contributed by atoms with van der Waals surface area (Å²) in [6.45, 7) is 3.26. The Kier molecular flexibility index (Phi) is 5.05. The van der Waals surface area contributed by atoms with Crippen LogP contribution in [0.15, 0.2) is 22.7 Å². The maximum Gasteiger partial charge on any atom is 0.340 e. The Hall–Kier alpha value is -1.16. The minimum absolute atomic E-state index is 0.346. The maximum atomic E-state index is 12.2. The molecule has 1 aromatic carbocycles. The lowest BCUT2D eigenvalue weighted by atomic mass is 10.00. The van der Waals surface area contributed by atoms with E-state index >= 15 is 0 Å². The summed E-state index contributed by atoms with van der Waals surface area (Å²) in [5.41, 5.74) is -0.660. The summed E-state index contributed by atoms with van der Waals surface area (Å²) < 4.78 is 25.0. The number of rotatable bonds is 5. The van der Waals surface area contributed by atoms with Crippen molar-refractivity contribution in [3.63, 3.8) is 0 Å². The van der Waals surface area contributed by atoms with Crippen LogP contribution < -0.4 is 10.1 Å². The molecule has 2 N–H and O–H groups in total. The van der Waals surface area contributed by atoms with Gasteiger partial charge in [0.15, 0.2) is 0 Å². The molecular formula is C13H15BrClN3O4S. The van der Waals surface area contributed by atoms with Crippen molar-refractivity contribution in [3.8, 4) is 0 Å². The van der Waals surface area contributed by atoms with Crippen molar-refractivity contribution < 1.29 is 18.0 Å². The molecule has 1 heterocycles. The summed E-state index contributed by atoms with van der Waals surface area (Å²) in [5, 5.41) is 3.43.